The minimum absolute atomic E-state index is 0.142. The molecule has 0 fully saturated rings. The lowest BCUT2D eigenvalue weighted by Gasteiger charge is -2.08. The third-order valence-electron chi connectivity index (χ3n) is 3.46. The van der Waals surface area contributed by atoms with E-state index in [-0.39, 0.29) is 18.5 Å². The number of pyridine rings is 1. The summed E-state index contributed by atoms with van der Waals surface area (Å²) in [6, 6.07) is 9.26. The summed E-state index contributed by atoms with van der Waals surface area (Å²) in [4.78, 5) is 23.7. The Morgan fingerprint density at radius 3 is 2.43 bits per heavy atom. The van der Waals surface area contributed by atoms with Gasteiger partial charge in [-0.05, 0) is 36.8 Å². The van der Waals surface area contributed by atoms with Crippen molar-refractivity contribution in [2.45, 2.75) is 6.92 Å². The molecule has 144 valence electrons. The molecule has 0 aliphatic carbocycles. The van der Waals surface area contributed by atoms with E-state index in [0.29, 0.717) is 30.5 Å². The lowest BCUT2D eigenvalue weighted by atomic mass is 10.3. The van der Waals surface area contributed by atoms with Gasteiger partial charge in [0.1, 0.15) is 11.6 Å². The molecule has 0 aliphatic rings. The number of nitrogens with zero attached hydrogens (tertiary/aromatic N) is 5. The van der Waals surface area contributed by atoms with E-state index in [1.54, 1.807) is 36.8 Å². The summed E-state index contributed by atoms with van der Waals surface area (Å²) in [5.41, 5.74) is 1.09. The first-order valence-corrected chi connectivity index (χ1v) is 8.63. The number of carbonyl (C=O) groups is 1. The third-order valence-corrected chi connectivity index (χ3v) is 3.46. The second kappa shape index (κ2) is 9.76. The summed E-state index contributed by atoms with van der Waals surface area (Å²) < 4.78 is 5.16. The highest BCUT2D eigenvalue weighted by molar-refractivity contribution is 5.77. The van der Waals surface area contributed by atoms with Gasteiger partial charge in [-0.3, -0.25) is 4.79 Å². The predicted octanol–water partition coefficient (Wildman–Crippen LogP) is 1.32. The van der Waals surface area contributed by atoms with E-state index in [2.05, 4.69) is 41.1 Å². The third kappa shape index (κ3) is 6.16. The number of ether oxygens (including phenoxy) is 1. The molecule has 0 atom stereocenters. The van der Waals surface area contributed by atoms with Crippen molar-refractivity contribution >= 4 is 23.4 Å². The summed E-state index contributed by atoms with van der Waals surface area (Å²) in [5, 5.41) is 17.0. The maximum absolute atomic E-state index is 11.7. The summed E-state index contributed by atoms with van der Waals surface area (Å²) >= 11 is 0. The molecule has 10 heteroatoms. The molecule has 0 saturated carbocycles. The van der Waals surface area contributed by atoms with Crippen LogP contribution < -0.4 is 20.7 Å². The molecule has 3 aromatic rings. The number of nitrogens with one attached hydrogen (secondary N) is 3. The molecule has 0 spiro atoms. The second-order valence-corrected chi connectivity index (χ2v) is 5.75. The molecule has 3 N–H and O–H groups in total. The van der Waals surface area contributed by atoms with E-state index in [9.17, 15) is 4.79 Å². The molecule has 0 saturated heterocycles. The Hall–Kier alpha value is -3.82. The first-order valence-electron chi connectivity index (χ1n) is 8.63. The molecule has 0 aromatic carbocycles. The highest BCUT2D eigenvalue weighted by atomic mass is 16.5. The summed E-state index contributed by atoms with van der Waals surface area (Å²) in [5.74, 6) is 1.64. The van der Waals surface area contributed by atoms with Crippen LogP contribution >= 0.6 is 0 Å². The number of rotatable bonds is 9. The molecule has 3 heterocycles. The van der Waals surface area contributed by atoms with Crippen LogP contribution in [0.4, 0.5) is 17.5 Å². The molecule has 0 bridgehead atoms. The summed E-state index contributed by atoms with van der Waals surface area (Å²) in [6.45, 7) is 2.74. The van der Waals surface area contributed by atoms with Gasteiger partial charge in [0.15, 0.2) is 12.4 Å². The number of hydrogen-bond donors (Lipinski definition) is 3. The molecule has 3 aromatic heterocycles. The van der Waals surface area contributed by atoms with Crippen molar-refractivity contribution in [3.8, 4) is 6.01 Å². The van der Waals surface area contributed by atoms with Gasteiger partial charge < -0.3 is 20.7 Å². The van der Waals surface area contributed by atoms with Gasteiger partial charge in [-0.25, -0.2) is 15.0 Å². The largest absolute Gasteiger partial charge is 0.453 e. The minimum Gasteiger partial charge on any atom is -0.453 e. The Morgan fingerprint density at radius 2 is 1.71 bits per heavy atom. The van der Waals surface area contributed by atoms with Gasteiger partial charge in [0.25, 0.3) is 5.91 Å². The molecule has 0 radical (unpaired) electrons. The number of amides is 1. The molecule has 1 amide bonds. The van der Waals surface area contributed by atoms with Crippen molar-refractivity contribution in [1.29, 1.82) is 0 Å². The number of aryl methyl sites for hydroxylation is 1. The van der Waals surface area contributed by atoms with Gasteiger partial charge in [-0.15, -0.1) is 10.2 Å². The fourth-order valence-electron chi connectivity index (χ4n) is 2.10. The smallest absolute Gasteiger partial charge is 0.316 e. The van der Waals surface area contributed by atoms with Crippen LogP contribution in [0.3, 0.4) is 0 Å². The van der Waals surface area contributed by atoms with Crippen molar-refractivity contribution in [3.05, 3.63) is 54.5 Å². The zero-order chi connectivity index (χ0) is 19.6. The van der Waals surface area contributed by atoms with E-state index in [4.69, 9.17) is 4.74 Å². The molecular formula is C18H20N8O2. The lowest BCUT2D eigenvalue weighted by molar-refractivity contribution is -0.123. The monoisotopic (exact) mass is 380 g/mol. The van der Waals surface area contributed by atoms with Crippen LogP contribution in [0.2, 0.25) is 0 Å². The highest BCUT2D eigenvalue weighted by Crippen LogP contribution is 2.12. The van der Waals surface area contributed by atoms with E-state index >= 15 is 0 Å². The van der Waals surface area contributed by atoms with Crippen molar-refractivity contribution in [1.82, 2.24) is 30.5 Å². The van der Waals surface area contributed by atoms with Crippen LogP contribution in [0.1, 0.15) is 5.56 Å². The van der Waals surface area contributed by atoms with Crippen molar-refractivity contribution in [3.63, 3.8) is 0 Å². The van der Waals surface area contributed by atoms with Crippen LogP contribution in [-0.4, -0.2) is 50.8 Å². The Morgan fingerprint density at radius 1 is 0.964 bits per heavy atom. The first kappa shape index (κ1) is 19.0. The fourth-order valence-corrected chi connectivity index (χ4v) is 2.10. The van der Waals surface area contributed by atoms with Gasteiger partial charge >= 0.3 is 6.01 Å². The lowest BCUT2D eigenvalue weighted by Crippen LogP contribution is -2.33. The van der Waals surface area contributed by atoms with Crippen molar-refractivity contribution in [2.75, 3.05) is 30.3 Å². The molecular weight excluding hydrogens is 360 g/mol. The minimum atomic E-state index is -0.259. The number of hydrogen-bond acceptors (Lipinski definition) is 9. The van der Waals surface area contributed by atoms with Crippen LogP contribution in [0.15, 0.2) is 48.9 Å². The molecule has 10 nitrogen and oxygen atoms in total. The number of aromatic nitrogens is 5. The summed E-state index contributed by atoms with van der Waals surface area (Å²) in [7, 11) is 0. The Bertz CT molecular complexity index is 872. The second-order valence-electron chi connectivity index (χ2n) is 5.75. The van der Waals surface area contributed by atoms with E-state index in [1.165, 1.54) is 0 Å². The maximum Gasteiger partial charge on any atom is 0.316 e. The maximum atomic E-state index is 11.7. The average molecular weight is 380 g/mol. The van der Waals surface area contributed by atoms with Crippen LogP contribution in [0.5, 0.6) is 6.01 Å². The van der Waals surface area contributed by atoms with Crippen LogP contribution in [0.25, 0.3) is 0 Å². The quantitative estimate of drug-likeness (QED) is 0.471. The zero-order valence-corrected chi connectivity index (χ0v) is 15.3. The van der Waals surface area contributed by atoms with Gasteiger partial charge in [0, 0.05) is 31.7 Å². The molecule has 0 unspecified atom stereocenters. The van der Waals surface area contributed by atoms with Gasteiger partial charge in [-0.1, -0.05) is 6.07 Å². The molecule has 28 heavy (non-hydrogen) atoms. The molecule has 3 rings (SSSR count). The van der Waals surface area contributed by atoms with Gasteiger partial charge in [0.2, 0.25) is 0 Å². The average Bonchev–Trinajstić information content (AvgIpc) is 2.73. The normalized spacial score (nSPS) is 10.2. The van der Waals surface area contributed by atoms with Crippen molar-refractivity contribution in [2.24, 2.45) is 0 Å². The van der Waals surface area contributed by atoms with E-state index < -0.39 is 0 Å². The fraction of sp³-hybridized carbons (Fsp3) is 0.222. The van der Waals surface area contributed by atoms with E-state index in [0.717, 1.165) is 5.56 Å². The van der Waals surface area contributed by atoms with Crippen molar-refractivity contribution < 1.29 is 9.53 Å². The topological polar surface area (TPSA) is 127 Å². The first-order chi connectivity index (χ1) is 13.7. The predicted molar refractivity (Wildman–Crippen MR) is 103 cm³/mol. The molecule has 0 aliphatic heterocycles. The highest BCUT2D eigenvalue weighted by Gasteiger charge is 2.04. The van der Waals surface area contributed by atoms with Crippen LogP contribution in [-0.2, 0) is 4.79 Å². The Kier molecular flexibility index (Phi) is 6.61. The Labute approximate surface area is 161 Å². The Balaban J connectivity index is 1.34. The van der Waals surface area contributed by atoms with E-state index in [1.807, 2.05) is 19.1 Å². The van der Waals surface area contributed by atoms with Gasteiger partial charge in [-0.2, -0.15) is 0 Å². The summed E-state index contributed by atoms with van der Waals surface area (Å²) in [6.07, 6.45) is 4.87. The number of anilines is 3. The standard InChI is InChI=1S/C18H20N8O2/c1-13-3-4-14(23-11-13)24-16-6-5-15(25-26-16)19-9-10-20-17(27)12-28-18-21-7-2-8-22-18/h2-8,11H,9-10,12H2,1H3,(H,19,25)(H,20,27)(H,23,24,26). The zero-order valence-electron chi connectivity index (χ0n) is 15.3. The number of carbonyl (C=O) groups excluding carboxylic acids is 1. The van der Waals surface area contributed by atoms with Gasteiger partial charge in [0.05, 0.1) is 0 Å². The van der Waals surface area contributed by atoms with Crippen LogP contribution in [0, 0.1) is 6.92 Å². The SMILES string of the molecule is Cc1ccc(Nc2ccc(NCCNC(=O)COc3ncccn3)nn2)nc1.